The molecule has 4 bridgehead atoms. The van der Waals surface area contributed by atoms with Crippen LogP contribution in [-0.4, -0.2) is 83.8 Å². The van der Waals surface area contributed by atoms with E-state index < -0.39 is 28.1 Å². The Hall–Kier alpha value is -4.69. The van der Waals surface area contributed by atoms with Crippen LogP contribution in [0.25, 0.3) is 0 Å². The van der Waals surface area contributed by atoms with E-state index in [0.717, 1.165) is 5.56 Å². The summed E-state index contributed by atoms with van der Waals surface area (Å²) in [6, 6.07) is 13.7. The summed E-state index contributed by atoms with van der Waals surface area (Å²) in [7, 11) is -1.17. The SMILES string of the molecule is COc1ccc2cc1OCC(=O)NCc1ccc(c(OC)c1)O[C@H]1CN(S(=O)(=O)c3cccc4c3OCCO4)C[C@@H]1NC2=O. The molecule has 4 aliphatic rings. The molecule has 1 saturated heterocycles. The quantitative estimate of drug-likeness (QED) is 0.439. The van der Waals surface area contributed by atoms with E-state index in [1.165, 1.54) is 30.7 Å². The van der Waals surface area contributed by atoms with Crippen molar-refractivity contribution < 1.29 is 46.4 Å². The van der Waals surface area contributed by atoms with Gasteiger partial charge in [0.05, 0.1) is 26.8 Å². The molecule has 44 heavy (non-hydrogen) atoms. The Balaban J connectivity index is 1.36. The zero-order chi connectivity index (χ0) is 30.8. The number of hydrogen-bond donors (Lipinski definition) is 2. The molecule has 13 nitrogen and oxygen atoms in total. The Morgan fingerprint density at radius 2 is 1.68 bits per heavy atom. The first-order chi connectivity index (χ1) is 21.3. The zero-order valence-corrected chi connectivity index (χ0v) is 24.8. The summed E-state index contributed by atoms with van der Waals surface area (Å²) in [6.07, 6.45) is -0.797. The third-order valence-electron chi connectivity index (χ3n) is 7.48. The molecule has 3 aromatic rings. The molecule has 2 atom stereocenters. The lowest BCUT2D eigenvalue weighted by Gasteiger charge is -2.23. The monoisotopic (exact) mass is 625 g/mol. The van der Waals surface area contributed by atoms with E-state index in [-0.39, 0.29) is 60.7 Å². The molecular weight excluding hydrogens is 594 g/mol. The van der Waals surface area contributed by atoms with Crippen LogP contribution in [0.2, 0.25) is 0 Å². The average Bonchev–Trinajstić information content (AvgIpc) is 3.44. The van der Waals surface area contributed by atoms with E-state index in [4.69, 9.17) is 28.4 Å². The highest BCUT2D eigenvalue weighted by molar-refractivity contribution is 7.89. The van der Waals surface area contributed by atoms with Gasteiger partial charge in [0.2, 0.25) is 10.0 Å². The Kier molecular flexibility index (Phi) is 8.10. The Morgan fingerprint density at radius 1 is 0.864 bits per heavy atom. The largest absolute Gasteiger partial charge is 0.493 e. The van der Waals surface area contributed by atoms with Gasteiger partial charge in [-0.2, -0.15) is 4.31 Å². The fourth-order valence-electron chi connectivity index (χ4n) is 5.24. The lowest BCUT2D eigenvalue weighted by atomic mass is 10.1. The Labute approximate surface area is 254 Å². The van der Waals surface area contributed by atoms with Crippen molar-refractivity contribution in [2.75, 3.05) is 47.1 Å². The molecule has 1 fully saturated rings. The number of amides is 2. The van der Waals surface area contributed by atoms with E-state index in [1.807, 2.05) is 0 Å². The molecule has 14 heteroatoms. The third kappa shape index (κ3) is 5.77. The minimum absolute atomic E-state index is 0.0317. The molecule has 3 aromatic carbocycles. The molecule has 2 N–H and O–H groups in total. The van der Waals surface area contributed by atoms with Gasteiger partial charge in [-0.3, -0.25) is 9.59 Å². The van der Waals surface area contributed by atoms with Crippen molar-refractivity contribution in [3.8, 4) is 34.5 Å². The minimum Gasteiger partial charge on any atom is -0.493 e. The van der Waals surface area contributed by atoms with Crippen molar-refractivity contribution in [1.82, 2.24) is 14.9 Å². The molecule has 0 aliphatic carbocycles. The van der Waals surface area contributed by atoms with Gasteiger partial charge in [0.25, 0.3) is 11.8 Å². The number of rotatable bonds is 4. The highest BCUT2D eigenvalue weighted by atomic mass is 32.2. The van der Waals surface area contributed by atoms with Gasteiger partial charge in [0.15, 0.2) is 41.1 Å². The van der Waals surface area contributed by atoms with Gasteiger partial charge < -0.3 is 39.1 Å². The summed E-state index contributed by atoms with van der Waals surface area (Å²) in [4.78, 5) is 26.0. The number of hydrogen-bond acceptors (Lipinski definition) is 10. The maximum Gasteiger partial charge on any atom is 0.258 e. The van der Waals surface area contributed by atoms with Crippen LogP contribution in [0.3, 0.4) is 0 Å². The number of ether oxygens (including phenoxy) is 6. The van der Waals surface area contributed by atoms with E-state index >= 15 is 0 Å². The summed E-state index contributed by atoms with van der Waals surface area (Å²) in [5.74, 6) is 0.884. The highest BCUT2D eigenvalue weighted by Gasteiger charge is 2.43. The topological polar surface area (TPSA) is 151 Å². The van der Waals surface area contributed by atoms with Crippen LogP contribution in [0, 0.1) is 0 Å². The normalized spacial score (nSPS) is 20.3. The predicted molar refractivity (Wildman–Crippen MR) is 155 cm³/mol. The van der Waals surface area contributed by atoms with Crippen LogP contribution in [0.15, 0.2) is 59.5 Å². The van der Waals surface area contributed by atoms with Crippen LogP contribution in [0.1, 0.15) is 15.9 Å². The molecular formula is C30H31N3O10S. The lowest BCUT2D eigenvalue weighted by Crippen LogP contribution is -2.45. The van der Waals surface area contributed by atoms with Crippen molar-refractivity contribution in [2.45, 2.75) is 23.6 Å². The van der Waals surface area contributed by atoms with Gasteiger partial charge >= 0.3 is 0 Å². The van der Waals surface area contributed by atoms with Crippen LogP contribution < -0.4 is 39.1 Å². The van der Waals surface area contributed by atoms with Gasteiger partial charge in [0, 0.05) is 18.7 Å². The van der Waals surface area contributed by atoms with E-state index in [1.54, 1.807) is 42.5 Å². The van der Waals surface area contributed by atoms with Crippen LogP contribution >= 0.6 is 0 Å². The number of methoxy groups -OCH3 is 2. The third-order valence-corrected chi connectivity index (χ3v) is 9.33. The number of nitrogens with one attached hydrogen (secondary N) is 2. The van der Waals surface area contributed by atoms with E-state index in [9.17, 15) is 18.0 Å². The summed E-state index contributed by atoms with van der Waals surface area (Å²) in [5, 5.41) is 5.71. The van der Waals surface area contributed by atoms with Crippen molar-refractivity contribution in [3.63, 3.8) is 0 Å². The van der Waals surface area contributed by atoms with Crippen molar-refractivity contribution in [2.24, 2.45) is 0 Å². The molecule has 4 aliphatic heterocycles. The molecule has 4 heterocycles. The molecule has 0 radical (unpaired) electrons. The molecule has 0 saturated carbocycles. The van der Waals surface area contributed by atoms with Crippen LogP contribution in [0.5, 0.6) is 34.5 Å². The second-order valence-electron chi connectivity index (χ2n) is 10.3. The smallest absolute Gasteiger partial charge is 0.258 e. The summed E-state index contributed by atoms with van der Waals surface area (Å²) in [6.45, 7) is 0.264. The molecule has 0 unspecified atom stereocenters. The Morgan fingerprint density at radius 3 is 2.50 bits per heavy atom. The first-order valence-corrected chi connectivity index (χ1v) is 15.3. The van der Waals surface area contributed by atoms with Crippen molar-refractivity contribution in [3.05, 3.63) is 65.7 Å². The molecule has 0 spiro atoms. The van der Waals surface area contributed by atoms with Crippen LogP contribution in [0.4, 0.5) is 0 Å². The number of carbonyl (C=O) groups is 2. The fraction of sp³-hybridized carbons (Fsp3) is 0.333. The van der Waals surface area contributed by atoms with Gasteiger partial charge in [-0.1, -0.05) is 12.1 Å². The average molecular weight is 626 g/mol. The highest BCUT2D eigenvalue weighted by Crippen LogP contribution is 2.39. The van der Waals surface area contributed by atoms with E-state index in [2.05, 4.69) is 10.6 Å². The van der Waals surface area contributed by atoms with Gasteiger partial charge in [-0.25, -0.2) is 8.42 Å². The van der Waals surface area contributed by atoms with Crippen molar-refractivity contribution >= 4 is 21.8 Å². The maximum atomic E-state index is 14.0. The molecule has 7 rings (SSSR count). The van der Waals surface area contributed by atoms with Gasteiger partial charge in [0.1, 0.15) is 24.2 Å². The molecule has 232 valence electrons. The van der Waals surface area contributed by atoms with Gasteiger partial charge in [-0.15, -0.1) is 0 Å². The maximum absolute atomic E-state index is 14.0. The Bertz CT molecular complexity index is 1700. The summed E-state index contributed by atoms with van der Waals surface area (Å²) in [5.41, 5.74) is 0.956. The number of fused-ring (bicyclic) bond motifs is 8. The number of carbonyl (C=O) groups excluding carboxylic acids is 2. The second kappa shape index (κ2) is 12.1. The number of benzene rings is 3. The summed E-state index contributed by atoms with van der Waals surface area (Å²) >= 11 is 0. The first-order valence-electron chi connectivity index (χ1n) is 13.9. The number of sulfonamides is 1. The van der Waals surface area contributed by atoms with Crippen LogP contribution in [-0.2, 0) is 21.4 Å². The fourth-order valence-corrected chi connectivity index (χ4v) is 6.87. The second-order valence-corrected chi connectivity index (χ2v) is 12.2. The van der Waals surface area contributed by atoms with E-state index in [0.29, 0.717) is 29.6 Å². The van der Waals surface area contributed by atoms with Gasteiger partial charge in [-0.05, 0) is 48.0 Å². The standard InChI is InChI=1S/C30H31N3O10S/c1-38-21-9-7-19-13-25(21)42-17-28(34)31-14-18-6-8-22(24(12-18)39-2)43-26-16-33(15-20(26)32-30(19)35)44(36,37)27-5-3-4-23-29(27)41-11-10-40-23/h3-9,12-13,20,26H,10-11,14-17H2,1-2H3,(H,31,34)(H,32,35)/t20-,26-/m0/s1. The first kappa shape index (κ1) is 29.4. The number of nitrogens with zero attached hydrogens (tertiary/aromatic N) is 1. The lowest BCUT2D eigenvalue weighted by molar-refractivity contribution is -0.123. The number of para-hydroxylation sites is 1. The summed E-state index contributed by atoms with van der Waals surface area (Å²) < 4.78 is 63.4. The van der Waals surface area contributed by atoms with Crippen molar-refractivity contribution in [1.29, 1.82) is 0 Å². The minimum atomic E-state index is -4.10. The molecule has 2 amide bonds. The zero-order valence-electron chi connectivity index (χ0n) is 24.0. The molecule has 0 aromatic heterocycles. The predicted octanol–water partition coefficient (Wildman–Crippen LogP) is 1.73.